The largest absolute Gasteiger partial charge is 0.477 e. The fourth-order valence-corrected chi connectivity index (χ4v) is 1.53. The molecule has 0 fully saturated rings. The predicted molar refractivity (Wildman–Crippen MR) is 68.2 cm³/mol. The molecule has 0 amide bonds. The summed E-state index contributed by atoms with van der Waals surface area (Å²) in [5.41, 5.74) is 2.00. The van der Waals surface area contributed by atoms with E-state index in [9.17, 15) is 4.79 Å². The van der Waals surface area contributed by atoms with Gasteiger partial charge >= 0.3 is 5.97 Å². The number of rotatable bonds is 3. The van der Waals surface area contributed by atoms with Gasteiger partial charge in [-0.25, -0.2) is 14.8 Å². The maximum absolute atomic E-state index is 10.9. The number of carboxylic acids is 1. The average molecular weight is 243 g/mol. The Bertz CT molecular complexity index is 579. The molecular formula is C13H13N3O2. The van der Waals surface area contributed by atoms with Gasteiger partial charge in [0, 0.05) is 11.8 Å². The van der Waals surface area contributed by atoms with E-state index in [0.717, 1.165) is 11.3 Å². The fraction of sp³-hybridized carbons (Fsp3) is 0.154. The van der Waals surface area contributed by atoms with Crippen molar-refractivity contribution in [1.29, 1.82) is 0 Å². The molecule has 2 rings (SSSR count). The Kier molecular flexibility index (Phi) is 3.23. The van der Waals surface area contributed by atoms with Crippen LogP contribution in [0, 0.1) is 13.8 Å². The first-order valence-corrected chi connectivity index (χ1v) is 5.47. The summed E-state index contributed by atoms with van der Waals surface area (Å²) >= 11 is 0. The van der Waals surface area contributed by atoms with Crippen LogP contribution in [0.25, 0.3) is 0 Å². The van der Waals surface area contributed by atoms with Crippen molar-refractivity contribution in [2.75, 3.05) is 5.32 Å². The monoisotopic (exact) mass is 243 g/mol. The molecule has 5 heteroatoms. The maximum Gasteiger partial charge on any atom is 0.354 e. The van der Waals surface area contributed by atoms with E-state index in [2.05, 4.69) is 15.3 Å². The van der Waals surface area contributed by atoms with Gasteiger partial charge in [-0.1, -0.05) is 17.7 Å². The molecular weight excluding hydrogens is 230 g/mol. The van der Waals surface area contributed by atoms with E-state index < -0.39 is 5.97 Å². The standard InChI is InChI=1S/C13H13N3O2/c1-8-3-5-10(6-4-8)16-12-7-11(13(17)18)14-9(2)15-12/h3-7H,1-2H3,(H,17,18)(H,14,15,16). The van der Waals surface area contributed by atoms with Gasteiger partial charge in [-0.2, -0.15) is 0 Å². The molecule has 0 aliphatic carbocycles. The second-order valence-corrected chi connectivity index (χ2v) is 3.98. The van der Waals surface area contributed by atoms with Gasteiger partial charge in [0.2, 0.25) is 0 Å². The van der Waals surface area contributed by atoms with Crippen molar-refractivity contribution < 1.29 is 9.90 Å². The van der Waals surface area contributed by atoms with Crippen LogP contribution in [0.5, 0.6) is 0 Å². The number of hydrogen-bond donors (Lipinski definition) is 2. The van der Waals surface area contributed by atoms with Crippen LogP contribution in [0.15, 0.2) is 30.3 Å². The molecule has 0 aliphatic heterocycles. The van der Waals surface area contributed by atoms with Crippen molar-refractivity contribution in [2.45, 2.75) is 13.8 Å². The van der Waals surface area contributed by atoms with E-state index in [0.29, 0.717) is 11.6 Å². The topological polar surface area (TPSA) is 75.1 Å². The van der Waals surface area contributed by atoms with Crippen molar-refractivity contribution in [1.82, 2.24) is 9.97 Å². The minimum atomic E-state index is -1.06. The van der Waals surface area contributed by atoms with Gasteiger partial charge in [-0.15, -0.1) is 0 Å². The molecule has 18 heavy (non-hydrogen) atoms. The molecule has 92 valence electrons. The van der Waals surface area contributed by atoms with E-state index >= 15 is 0 Å². The van der Waals surface area contributed by atoms with Crippen LogP contribution in [0.1, 0.15) is 21.9 Å². The quantitative estimate of drug-likeness (QED) is 0.866. The predicted octanol–water partition coefficient (Wildman–Crippen LogP) is 2.54. The molecule has 5 nitrogen and oxygen atoms in total. The Balaban J connectivity index is 2.28. The number of aromatic nitrogens is 2. The van der Waals surface area contributed by atoms with E-state index in [-0.39, 0.29) is 5.69 Å². The van der Waals surface area contributed by atoms with Crippen LogP contribution >= 0.6 is 0 Å². The van der Waals surface area contributed by atoms with Gasteiger partial charge in [0.05, 0.1) is 0 Å². The first-order valence-electron chi connectivity index (χ1n) is 5.47. The number of aromatic carboxylic acids is 1. The molecule has 0 aliphatic rings. The van der Waals surface area contributed by atoms with Crippen molar-refractivity contribution in [3.8, 4) is 0 Å². The zero-order chi connectivity index (χ0) is 13.1. The summed E-state index contributed by atoms with van der Waals surface area (Å²) in [6.45, 7) is 3.66. The van der Waals surface area contributed by atoms with Crippen LogP contribution < -0.4 is 5.32 Å². The number of aryl methyl sites for hydroxylation is 2. The first kappa shape index (κ1) is 12.0. The Labute approximate surface area is 105 Å². The number of carbonyl (C=O) groups is 1. The molecule has 1 heterocycles. The Morgan fingerprint density at radius 2 is 1.83 bits per heavy atom. The smallest absolute Gasteiger partial charge is 0.354 e. The Morgan fingerprint density at radius 3 is 2.44 bits per heavy atom. The highest BCUT2D eigenvalue weighted by Gasteiger charge is 2.08. The van der Waals surface area contributed by atoms with Crippen LogP contribution in [0.4, 0.5) is 11.5 Å². The Hall–Kier alpha value is -2.43. The highest BCUT2D eigenvalue weighted by atomic mass is 16.4. The number of carboxylic acid groups (broad SMARTS) is 1. The van der Waals surface area contributed by atoms with Gasteiger partial charge in [-0.05, 0) is 26.0 Å². The third-order valence-electron chi connectivity index (χ3n) is 2.38. The molecule has 0 spiro atoms. The second-order valence-electron chi connectivity index (χ2n) is 3.98. The molecule has 0 unspecified atom stereocenters. The van der Waals surface area contributed by atoms with E-state index in [4.69, 9.17) is 5.11 Å². The summed E-state index contributed by atoms with van der Waals surface area (Å²) in [6.07, 6.45) is 0. The summed E-state index contributed by atoms with van der Waals surface area (Å²) < 4.78 is 0. The minimum Gasteiger partial charge on any atom is -0.477 e. The highest BCUT2D eigenvalue weighted by molar-refractivity contribution is 5.86. The molecule has 0 saturated heterocycles. The van der Waals surface area contributed by atoms with Crippen LogP contribution in [0.3, 0.4) is 0 Å². The third kappa shape index (κ3) is 2.82. The van der Waals surface area contributed by atoms with E-state index in [1.807, 2.05) is 31.2 Å². The molecule has 1 aromatic carbocycles. The highest BCUT2D eigenvalue weighted by Crippen LogP contribution is 2.16. The molecule has 0 radical (unpaired) electrons. The lowest BCUT2D eigenvalue weighted by Gasteiger charge is -2.07. The average Bonchev–Trinajstić information content (AvgIpc) is 2.31. The number of nitrogens with zero attached hydrogens (tertiary/aromatic N) is 2. The summed E-state index contributed by atoms with van der Waals surface area (Å²) in [6, 6.07) is 9.17. The summed E-state index contributed by atoms with van der Waals surface area (Å²) in [4.78, 5) is 18.9. The Morgan fingerprint density at radius 1 is 1.17 bits per heavy atom. The van der Waals surface area contributed by atoms with Crippen molar-refractivity contribution in [2.24, 2.45) is 0 Å². The molecule has 0 atom stereocenters. The second kappa shape index (κ2) is 4.83. The van der Waals surface area contributed by atoms with Crippen molar-refractivity contribution >= 4 is 17.5 Å². The zero-order valence-electron chi connectivity index (χ0n) is 10.1. The fourth-order valence-electron chi connectivity index (χ4n) is 1.53. The minimum absolute atomic E-state index is 0.0166. The lowest BCUT2D eigenvalue weighted by molar-refractivity contribution is 0.0690. The summed E-state index contributed by atoms with van der Waals surface area (Å²) in [7, 11) is 0. The molecule has 0 saturated carbocycles. The molecule has 1 aromatic heterocycles. The zero-order valence-corrected chi connectivity index (χ0v) is 10.1. The van der Waals surface area contributed by atoms with Crippen LogP contribution in [-0.4, -0.2) is 21.0 Å². The van der Waals surface area contributed by atoms with Crippen LogP contribution in [-0.2, 0) is 0 Å². The number of anilines is 2. The van der Waals surface area contributed by atoms with Gasteiger partial charge in [0.1, 0.15) is 11.6 Å². The number of benzene rings is 1. The van der Waals surface area contributed by atoms with Gasteiger partial charge in [0.15, 0.2) is 5.69 Å². The van der Waals surface area contributed by atoms with E-state index in [1.54, 1.807) is 6.92 Å². The van der Waals surface area contributed by atoms with Crippen molar-refractivity contribution in [3.63, 3.8) is 0 Å². The SMILES string of the molecule is Cc1ccc(Nc2cc(C(=O)O)nc(C)n2)cc1. The third-order valence-corrected chi connectivity index (χ3v) is 2.38. The molecule has 0 bridgehead atoms. The first-order chi connectivity index (χ1) is 8.54. The van der Waals surface area contributed by atoms with E-state index in [1.165, 1.54) is 6.07 Å². The summed E-state index contributed by atoms with van der Waals surface area (Å²) in [5, 5.41) is 12.0. The lowest BCUT2D eigenvalue weighted by Crippen LogP contribution is -2.05. The normalized spacial score (nSPS) is 10.1. The van der Waals surface area contributed by atoms with Crippen LogP contribution in [0.2, 0.25) is 0 Å². The van der Waals surface area contributed by atoms with Gasteiger partial charge < -0.3 is 10.4 Å². The summed E-state index contributed by atoms with van der Waals surface area (Å²) in [5.74, 6) is -0.166. The lowest BCUT2D eigenvalue weighted by atomic mass is 10.2. The molecule has 2 aromatic rings. The molecule has 2 N–H and O–H groups in total. The number of hydrogen-bond acceptors (Lipinski definition) is 4. The van der Waals surface area contributed by atoms with Gasteiger partial charge in [0.25, 0.3) is 0 Å². The van der Waals surface area contributed by atoms with Gasteiger partial charge in [-0.3, -0.25) is 0 Å². The number of nitrogens with one attached hydrogen (secondary N) is 1. The van der Waals surface area contributed by atoms with Crippen molar-refractivity contribution in [3.05, 3.63) is 47.4 Å². The maximum atomic E-state index is 10.9.